The van der Waals surface area contributed by atoms with Crippen LogP contribution >= 0.6 is 0 Å². The lowest BCUT2D eigenvalue weighted by Crippen LogP contribution is -2.45. The maximum Gasteiger partial charge on any atom is 0.266 e. The van der Waals surface area contributed by atoms with Gasteiger partial charge in [-0.1, -0.05) is 12.1 Å². The highest BCUT2D eigenvalue weighted by Gasteiger charge is 2.39. The van der Waals surface area contributed by atoms with Gasteiger partial charge in [-0.15, -0.1) is 0 Å². The molecule has 1 aliphatic heterocycles. The maximum absolute atomic E-state index is 12.8. The monoisotopic (exact) mass is 338 g/mol. The standard InChI is InChI=1S/C16H26N4O2S/c1-16(2,3)19-11-12-20(15(19)18)23(21,22)14-8-6-13(7-9-14)5-4-10-17/h6-9,18H,4-5,10-12,17H2,1-3H3. The second kappa shape index (κ2) is 6.49. The minimum absolute atomic E-state index is 0.0460. The Morgan fingerprint density at radius 1 is 1.17 bits per heavy atom. The van der Waals surface area contributed by atoms with Crippen molar-refractivity contribution in [3.05, 3.63) is 29.8 Å². The van der Waals surface area contributed by atoms with Crippen molar-refractivity contribution in [1.29, 1.82) is 5.41 Å². The fourth-order valence-corrected chi connectivity index (χ4v) is 4.07. The van der Waals surface area contributed by atoms with E-state index in [4.69, 9.17) is 11.1 Å². The van der Waals surface area contributed by atoms with Crippen molar-refractivity contribution in [3.8, 4) is 0 Å². The van der Waals surface area contributed by atoms with Gasteiger partial charge >= 0.3 is 0 Å². The van der Waals surface area contributed by atoms with Gasteiger partial charge in [0.2, 0.25) is 5.96 Å². The summed E-state index contributed by atoms with van der Waals surface area (Å²) < 4.78 is 26.7. The zero-order valence-corrected chi connectivity index (χ0v) is 14.9. The molecule has 1 saturated heterocycles. The molecule has 0 bridgehead atoms. The Morgan fingerprint density at radius 3 is 2.26 bits per heavy atom. The molecule has 1 heterocycles. The van der Waals surface area contributed by atoms with Gasteiger partial charge in [-0.2, -0.15) is 0 Å². The molecular weight excluding hydrogens is 312 g/mol. The molecule has 0 unspecified atom stereocenters. The van der Waals surface area contributed by atoms with Crippen molar-refractivity contribution >= 4 is 16.0 Å². The highest BCUT2D eigenvalue weighted by molar-refractivity contribution is 7.89. The summed E-state index contributed by atoms with van der Waals surface area (Å²) in [5, 5.41) is 8.22. The van der Waals surface area contributed by atoms with Crippen LogP contribution in [0.5, 0.6) is 0 Å². The summed E-state index contributed by atoms with van der Waals surface area (Å²) in [5.41, 5.74) is 6.29. The summed E-state index contributed by atoms with van der Waals surface area (Å²) in [5.74, 6) is 0.0460. The van der Waals surface area contributed by atoms with E-state index in [1.807, 2.05) is 32.9 Å². The van der Waals surface area contributed by atoms with Gasteiger partial charge in [0.25, 0.3) is 10.0 Å². The smallest absolute Gasteiger partial charge is 0.266 e. The van der Waals surface area contributed by atoms with E-state index in [-0.39, 0.29) is 16.4 Å². The van der Waals surface area contributed by atoms with Crippen LogP contribution in [0.15, 0.2) is 29.2 Å². The van der Waals surface area contributed by atoms with Crippen molar-refractivity contribution in [2.24, 2.45) is 5.73 Å². The van der Waals surface area contributed by atoms with Crippen LogP contribution in [0, 0.1) is 5.41 Å². The van der Waals surface area contributed by atoms with E-state index in [1.165, 1.54) is 4.31 Å². The molecule has 1 aromatic carbocycles. The minimum atomic E-state index is -3.68. The largest absolute Gasteiger partial charge is 0.336 e. The van der Waals surface area contributed by atoms with Crippen molar-refractivity contribution < 1.29 is 8.42 Å². The molecule has 7 heteroatoms. The number of benzene rings is 1. The molecule has 0 saturated carbocycles. The highest BCUT2D eigenvalue weighted by Crippen LogP contribution is 2.25. The van der Waals surface area contributed by atoms with Crippen LogP contribution in [-0.4, -0.2) is 48.8 Å². The van der Waals surface area contributed by atoms with Crippen LogP contribution in [0.1, 0.15) is 32.8 Å². The number of guanidine groups is 1. The third-order valence-electron chi connectivity index (χ3n) is 4.01. The summed E-state index contributed by atoms with van der Waals surface area (Å²) in [7, 11) is -3.68. The van der Waals surface area contributed by atoms with Crippen molar-refractivity contribution in [1.82, 2.24) is 9.21 Å². The molecule has 1 fully saturated rings. The fourth-order valence-electron chi connectivity index (χ4n) is 2.69. The zero-order valence-electron chi connectivity index (χ0n) is 14.0. The molecule has 0 radical (unpaired) electrons. The second-order valence-corrected chi connectivity index (χ2v) is 8.62. The van der Waals surface area contributed by atoms with E-state index >= 15 is 0 Å². The van der Waals surface area contributed by atoms with Crippen LogP contribution < -0.4 is 5.73 Å². The average Bonchev–Trinajstić information content (AvgIpc) is 2.88. The number of nitrogens with two attached hydrogens (primary N) is 1. The molecule has 0 atom stereocenters. The van der Waals surface area contributed by atoms with Crippen molar-refractivity contribution in [2.75, 3.05) is 19.6 Å². The van der Waals surface area contributed by atoms with Crippen LogP contribution in [0.25, 0.3) is 0 Å². The Kier molecular flexibility index (Phi) is 5.01. The van der Waals surface area contributed by atoms with Gasteiger partial charge in [-0.3, -0.25) is 5.41 Å². The number of aryl methyl sites for hydroxylation is 1. The third-order valence-corrected chi connectivity index (χ3v) is 5.81. The van der Waals surface area contributed by atoms with Crippen LogP contribution in [0.4, 0.5) is 0 Å². The number of sulfonamides is 1. The van der Waals surface area contributed by atoms with E-state index in [9.17, 15) is 8.42 Å². The third kappa shape index (κ3) is 3.67. The molecule has 128 valence electrons. The first-order chi connectivity index (χ1) is 10.7. The van der Waals surface area contributed by atoms with Gasteiger partial charge in [0.15, 0.2) is 0 Å². The molecule has 0 spiro atoms. The minimum Gasteiger partial charge on any atom is -0.336 e. The second-order valence-electron chi connectivity index (χ2n) is 6.76. The normalized spacial score (nSPS) is 16.3. The van der Waals surface area contributed by atoms with Crippen LogP contribution in [-0.2, 0) is 16.4 Å². The molecule has 2 rings (SSSR count). The molecule has 0 aliphatic carbocycles. The van der Waals surface area contributed by atoms with E-state index in [1.54, 1.807) is 17.0 Å². The lowest BCUT2D eigenvalue weighted by atomic mass is 10.1. The number of nitrogens with one attached hydrogen (secondary N) is 1. The molecule has 1 aromatic rings. The van der Waals surface area contributed by atoms with E-state index < -0.39 is 10.0 Å². The first-order valence-corrected chi connectivity index (χ1v) is 9.30. The first-order valence-electron chi connectivity index (χ1n) is 7.86. The quantitative estimate of drug-likeness (QED) is 0.853. The molecule has 0 amide bonds. The van der Waals surface area contributed by atoms with Crippen LogP contribution in [0.2, 0.25) is 0 Å². The summed E-state index contributed by atoms with van der Waals surface area (Å²) in [6.07, 6.45) is 1.72. The predicted octanol–water partition coefficient (Wildman–Crippen LogP) is 1.62. The van der Waals surface area contributed by atoms with Gasteiger partial charge in [0.1, 0.15) is 0 Å². The van der Waals surface area contributed by atoms with Crippen LogP contribution in [0.3, 0.4) is 0 Å². The Morgan fingerprint density at radius 2 is 1.78 bits per heavy atom. The molecule has 3 N–H and O–H groups in total. The van der Waals surface area contributed by atoms with E-state index in [0.29, 0.717) is 19.6 Å². The molecule has 6 nitrogen and oxygen atoms in total. The summed E-state index contributed by atoms with van der Waals surface area (Å²) in [4.78, 5) is 2.04. The topological polar surface area (TPSA) is 90.5 Å². The lowest BCUT2D eigenvalue weighted by Gasteiger charge is -2.33. The van der Waals surface area contributed by atoms with Gasteiger partial charge in [0.05, 0.1) is 11.4 Å². The molecule has 23 heavy (non-hydrogen) atoms. The molecule has 0 aromatic heterocycles. The Hall–Kier alpha value is -1.60. The Balaban J connectivity index is 2.21. The van der Waals surface area contributed by atoms with Gasteiger partial charge in [-0.05, 0) is 57.9 Å². The van der Waals surface area contributed by atoms with E-state index in [2.05, 4.69) is 0 Å². The lowest BCUT2D eigenvalue weighted by molar-refractivity contribution is 0.258. The Bertz CT molecular complexity index is 662. The van der Waals surface area contributed by atoms with Gasteiger partial charge < -0.3 is 10.6 Å². The zero-order chi connectivity index (χ0) is 17.3. The summed E-state index contributed by atoms with van der Waals surface area (Å²) >= 11 is 0. The number of rotatable bonds is 5. The van der Waals surface area contributed by atoms with Gasteiger partial charge in [-0.25, -0.2) is 12.7 Å². The number of hydrogen-bond acceptors (Lipinski definition) is 4. The number of nitrogens with zero attached hydrogens (tertiary/aromatic N) is 2. The van der Waals surface area contributed by atoms with Gasteiger partial charge in [0, 0.05) is 12.1 Å². The summed E-state index contributed by atoms with van der Waals surface area (Å²) in [6, 6.07) is 6.88. The average molecular weight is 338 g/mol. The summed E-state index contributed by atoms with van der Waals surface area (Å²) in [6.45, 7) is 7.40. The highest BCUT2D eigenvalue weighted by atomic mass is 32.2. The SMILES string of the molecule is CC(C)(C)N1CCN(S(=O)(=O)c2ccc(CCCN)cc2)C1=N. The van der Waals surface area contributed by atoms with E-state index in [0.717, 1.165) is 18.4 Å². The van der Waals surface area contributed by atoms with Crippen molar-refractivity contribution in [3.63, 3.8) is 0 Å². The molecular formula is C16H26N4O2S. The van der Waals surface area contributed by atoms with Crippen molar-refractivity contribution in [2.45, 2.75) is 44.0 Å². The first kappa shape index (κ1) is 17.7. The maximum atomic E-state index is 12.8. The number of hydrogen-bond donors (Lipinski definition) is 2. The molecule has 1 aliphatic rings. The fraction of sp³-hybridized carbons (Fsp3) is 0.562. The Labute approximate surface area is 138 Å². The predicted molar refractivity (Wildman–Crippen MR) is 91.9 cm³/mol.